The van der Waals surface area contributed by atoms with E-state index in [0.29, 0.717) is 5.92 Å². The molecule has 0 bridgehead atoms. The number of H-pyrrole nitrogens is 1. The van der Waals surface area contributed by atoms with Crippen molar-refractivity contribution in [2.24, 2.45) is 0 Å². The Bertz CT molecular complexity index is 1350. The summed E-state index contributed by atoms with van der Waals surface area (Å²) in [6.07, 6.45) is 10.2. The van der Waals surface area contributed by atoms with E-state index in [1.165, 1.54) is 49.6 Å². The van der Waals surface area contributed by atoms with Gasteiger partial charge in [0.1, 0.15) is 0 Å². The van der Waals surface area contributed by atoms with Crippen LogP contribution in [0.3, 0.4) is 0 Å². The molecule has 1 unspecified atom stereocenters. The van der Waals surface area contributed by atoms with Gasteiger partial charge in [0.05, 0.1) is 0 Å². The third-order valence-electron chi connectivity index (χ3n) is 6.81. The topological polar surface area (TPSA) is 15.8 Å². The van der Waals surface area contributed by atoms with Crippen molar-refractivity contribution in [2.45, 2.75) is 25.2 Å². The van der Waals surface area contributed by atoms with E-state index in [4.69, 9.17) is 0 Å². The molecule has 0 spiro atoms. The fourth-order valence-corrected chi connectivity index (χ4v) is 5.52. The highest BCUT2D eigenvalue weighted by atomic mass is 14.7. The van der Waals surface area contributed by atoms with E-state index in [1.54, 1.807) is 11.1 Å². The van der Waals surface area contributed by atoms with E-state index in [9.17, 15) is 0 Å². The van der Waals surface area contributed by atoms with Crippen molar-refractivity contribution in [1.29, 1.82) is 0 Å². The van der Waals surface area contributed by atoms with E-state index in [2.05, 4.69) is 71.7 Å². The van der Waals surface area contributed by atoms with E-state index < -0.39 is 0 Å². The average Bonchev–Trinajstić information content (AvgIpc) is 3.34. The molecule has 1 heteroatoms. The van der Waals surface area contributed by atoms with Crippen LogP contribution in [0.1, 0.15) is 34.6 Å². The monoisotopic (exact) mass is 345 g/mol. The summed E-state index contributed by atoms with van der Waals surface area (Å²) in [6, 6.07) is 18.5. The molecule has 7 rings (SSSR count). The number of aromatic nitrogens is 1. The molecule has 0 aliphatic heterocycles. The molecule has 1 nitrogen and oxygen atoms in total. The summed E-state index contributed by atoms with van der Waals surface area (Å²) in [4.78, 5) is 3.71. The number of aromatic amines is 1. The van der Waals surface area contributed by atoms with E-state index >= 15 is 0 Å². The Morgan fingerprint density at radius 2 is 1.63 bits per heavy atom. The van der Waals surface area contributed by atoms with Crippen LogP contribution in [0.25, 0.3) is 32.9 Å². The number of fused-ring (bicyclic) bond motifs is 9. The fourth-order valence-electron chi connectivity index (χ4n) is 5.52. The first-order valence-corrected chi connectivity index (χ1v) is 9.90. The normalized spacial score (nSPS) is 19.1. The number of nitrogens with one attached hydrogen (secondary N) is 1. The molecular formula is C26H19N. The van der Waals surface area contributed by atoms with Gasteiger partial charge in [0.15, 0.2) is 0 Å². The van der Waals surface area contributed by atoms with Crippen molar-refractivity contribution in [3.05, 3.63) is 94.6 Å². The summed E-state index contributed by atoms with van der Waals surface area (Å²) in [5, 5.41) is 2.75. The minimum absolute atomic E-state index is 0.592. The minimum Gasteiger partial charge on any atom is -0.354 e. The minimum atomic E-state index is 0.592. The maximum Gasteiger partial charge on any atom is 0.0468 e. The van der Waals surface area contributed by atoms with Gasteiger partial charge in [0, 0.05) is 27.7 Å². The standard InChI is InChI=1S/C26H19N/c1-3-7-19-15(5-1)9-17-11-25-23(13-21(17)19)24-14-22-18(12-26(24)27-25)10-16-6-2-4-8-20(16)22/h1-7,11-14,20,27H,8-10H2. The van der Waals surface area contributed by atoms with Crippen LogP contribution < -0.4 is 0 Å². The Labute approximate surface area is 158 Å². The van der Waals surface area contributed by atoms with Gasteiger partial charge in [-0.3, -0.25) is 0 Å². The molecule has 0 amide bonds. The zero-order chi connectivity index (χ0) is 17.5. The molecule has 0 fully saturated rings. The molecule has 3 aromatic carbocycles. The van der Waals surface area contributed by atoms with Gasteiger partial charge in [0.25, 0.3) is 0 Å². The van der Waals surface area contributed by atoms with Gasteiger partial charge in [-0.15, -0.1) is 0 Å². The molecule has 1 N–H and O–H groups in total. The lowest BCUT2D eigenvalue weighted by Crippen LogP contribution is -1.97. The molecule has 27 heavy (non-hydrogen) atoms. The summed E-state index contributed by atoms with van der Waals surface area (Å²) in [7, 11) is 0. The Morgan fingerprint density at radius 3 is 2.59 bits per heavy atom. The molecule has 1 atom stereocenters. The number of rotatable bonds is 0. The van der Waals surface area contributed by atoms with Crippen molar-refractivity contribution >= 4 is 21.8 Å². The van der Waals surface area contributed by atoms with Crippen LogP contribution in [0.5, 0.6) is 0 Å². The molecule has 1 heterocycles. The lowest BCUT2D eigenvalue weighted by molar-refractivity contribution is 0.822. The Kier molecular flexibility index (Phi) is 2.50. The Hall–Kier alpha value is -3.06. The Morgan fingerprint density at radius 1 is 0.778 bits per heavy atom. The van der Waals surface area contributed by atoms with E-state index in [-0.39, 0.29) is 0 Å². The predicted molar refractivity (Wildman–Crippen MR) is 112 cm³/mol. The first-order chi connectivity index (χ1) is 13.3. The zero-order valence-electron chi connectivity index (χ0n) is 15.0. The predicted octanol–water partition coefficient (Wildman–Crippen LogP) is 6.42. The third-order valence-corrected chi connectivity index (χ3v) is 6.81. The van der Waals surface area contributed by atoms with Crippen LogP contribution in [-0.4, -0.2) is 4.98 Å². The van der Waals surface area contributed by atoms with Gasteiger partial charge in [0.2, 0.25) is 0 Å². The first-order valence-electron chi connectivity index (χ1n) is 9.90. The van der Waals surface area contributed by atoms with Crippen LogP contribution in [0.4, 0.5) is 0 Å². The molecular weight excluding hydrogens is 326 g/mol. The zero-order valence-corrected chi connectivity index (χ0v) is 15.0. The summed E-state index contributed by atoms with van der Waals surface area (Å²) >= 11 is 0. The van der Waals surface area contributed by atoms with Crippen molar-refractivity contribution in [1.82, 2.24) is 4.98 Å². The molecule has 3 aliphatic rings. The van der Waals surface area contributed by atoms with E-state index in [0.717, 1.165) is 19.3 Å². The van der Waals surface area contributed by atoms with Crippen molar-refractivity contribution < 1.29 is 0 Å². The van der Waals surface area contributed by atoms with Crippen LogP contribution in [0.2, 0.25) is 0 Å². The van der Waals surface area contributed by atoms with Crippen molar-refractivity contribution in [2.75, 3.05) is 0 Å². The summed E-state index contributed by atoms with van der Waals surface area (Å²) in [5.41, 5.74) is 12.9. The largest absolute Gasteiger partial charge is 0.354 e. The van der Waals surface area contributed by atoms with Crippen LogP contribution in [0.15, 0.2) is 72.3 Å². The van der Waals surface area contributed by atoms with Crippen molar-refractivity contribution in [3.8, 4) is 11.1 Å². The number of hydrogen-bond donors (Lipinski definition) is 1. The lowest BCUT2D eigenvalue weighted by atomic mass is 9.90. The smallest absolute Gasteiger partial charge is 0.0468 e. The third kappa shape index (κ3) is 1.79. The van der Waals surface area contributed by atoms with Crippen molar-refractivity contribution in [3.63, 3.8) is 0 Å². The number of allylic oxidation sites excluding steroid dienone is 4. The van der Waals surface area contributed by atoms with Crippen LogP contribution in [-0.2, 0) is 12.8 Å². The molecule has 128 valence electrons. The summed E-state index contributed by atoms with van der Waals surface area (Å²) in [5.74, 6) is 0.592. The second kappa shape index (κ2) is 4.80. The van der Waals surface area contributed by atoms with Gasteiger partial charge < -0.3 is 4.98 Å². The summed E-state index contributed by atoms with van der Waals surface area (Å²) < 4.78 is 0. The lowest BCUT2D eigenvalue weighted by Gasteiger charge is -2.14. The molecule has 1 aromatic heterocycles. The van der Waals surface area contributed by atoms with Gasteiger partial charge in [-0.1, -0.05) is 48.1 Å². The second-order valence-electron chi connectivity index (χ2n) is 8.25. The summed E-state index contributed by atoms with van der Waals surface area (Å²) in [6.45, 7) is 0. The quantitative estimate of drug-likeness (QED) is 0.333. The molecule has 0 radical (unpaired) electrons. The van der Waals surface area contributed by atoms with Gasteiger partial charge in [-0.25, -0.2) is 0 Å². The van der Waals surface area contributed by atoms with Gasteiger partial charge in [-0.05, 0) is 76.9 Å². The highest BCUT2D eigenvalue weighted by molar-refractivity contribution is 6.10. The van der Waals surface area contributed by atoms with E-state index in [1.807, 2.05) is 0 Å². The first kappa shape index (κ1) is 14.1. The average molecular weight is 345 g/mol. The van der Waals surface area contributed by atoms with Crippen LogP contribution >= 0.6 is 0 Å². The highest BCUT2D eigenvalue weighted by Crippen LogP contribution is 2.45. The maximum absolute atomic E-state index is 3.71. The molecule has 4 aromatic rings. The van der Waals surface area contributed by atoms with Crippen LogP contribution in [0, 0.1) is 0 Å². The van der Waals surface area contributed by atoms with Gasteiger partial charge >= 0.3 is 0 Å². The number of hydrogen-bond acceptors (Lipinski definition) is 0. The number of benzene rings is 3. The molecule has 3 aliphatic carbocycles. The molecule has 0 saturated carbocycles. The Balaban J connectivity index is 1.49. The van der Waals surface area contributed by atoms with Gasteiger partial charge in [-0.2, -0.15) is 0 Å². The second-order valence-corrected chi connectivity index (χ2v) is 8.25. The maximum atomic E-state index is 3.71. The fraction of sp³-hybridized carbons (Fsp3) is 0.154. The SMILES string of the molecule is C1=CCC2C(=C1)Cc1cc3[nH]c4cc5c(cc4c3cc12)-c1ccccc1C5. The molecule has 0 saturated heterocycles. The highest BCUT2D eigenvalue weighted by Gasteiger charge is 2.28.